The van der Waals surface area contributed by atoms with Gasteiger partial charge in [0.2, 0.25) is 0 Å². The molecule has 1 aromatic rings. The summed E-state index contributed by atoms with van der Waals surface area (Å²) in [6, 6.07) is 8.44. The van der Waals surface area contributed by atoms with Gasteiger partial charge < -0.3 is 5.73 Å². The lowest BCUT2D eigenvalue weighted by Gasteiger charge is -2.26. The maximum absolute atomic E-state index is 5.38. The maximum Gasteiger partial charge on any atom is 0.0555 e. The van der Waals surface area contributed by atoms with Gasteiger partial charge in [-0.25, -0.2) is 0 Å². The first-order chi connectivity index (χ1) is 6.92. The lowest BCUT2D eigenvalue weighted by molar-refractivity contribution is 0.419. The normalized spacial score (nSPS) is 15.5. The first-order valence-electron chi connectivity index (χ1n) is 5.19. The van der Waals surface area contributed by atoms with Gasteiger partial charge in [0.1, 0.15) is 0 Å². The quantitative estimate of drug-likeness (QED) is 0.667. The van der Waals surface area contributed by atoms with Crippen LogP contribution in [-0.2, 0) is 0 Å². The van der Waals surface area contributed by atoms with E-state index in [1.54, 1.807) is 0 Å². The molecule has 1 aliphatic rings. The predicted octanol–water partition coefficient (Wildman–Crippen LogP) is 2.26. The fourth-order valence-electron chi connectivity index (χ4n) is 1.83. The van der Waals surface area contributed by atoms with Crippen LogP contribution in [-0.4, -0.2) is 6.54 Å². The summed E-state index contributed by atoms with van der Waals surface area (Å²) in [7, 11) is 0. The third-order valence-electron chi connectivity index (χ3n) is 2.83. The van der Waals surface area contributed by atoms with E-state index in [2.05, 4.69) is 30.0 Å². The number of hydrogen-bond donors (Lipinski definition) is 1. The lowest BCUT2D eigenvalue weighted by Crippen LogP contribution is -2.10. The highest BCUT2D eigenvalue weighted by Gasteiger charge is 2.20. The number of nitrogens with two attached hydrogens (primary N) is 1. The van der Waals surface area contributed by atoms with Crippen molar-refractivity contribution in [3.05, 3.63) is 35.4 Å². The monoisotopic (exact) mass is 185 g/mol. The molecule has 1 saturated carbocycles. The van der Waals surface area contributed by atoms with Crippen LogP contribution in [0.2, 0.25) is 0 Å². The highest BCUT2D eigenvalue weighted by atomic mass is 14.5. The molecule has 0 amide bonds. The highest BCUT2D eigenvalue weighted by molar-refractivity contribution is 5.43. The van der Waals surface area contributed by atoms with E-state index in [1.165, 1.54) is 30.4 Å². The van der Waals surface area contributed by atoms with Gasteiger partial charge in [-0.05, 0) is 30.4 Å². The van der Waals surface area contributed by atoms with E-state index in [4.69, 9.17) is 5.73 Å². The lowest BCUT2D eigenvalue weighted by atomic mass is 9.78. The first-order valence-corrected chi connectivity index (χ1v) is 5.19. The smallest absolute Gasteiger partial charge is 0.0555 e. The van der Waals surface area contributed by atoms with Gasteiger partial charge in [-0.1, -0.05) is 36.5 Å². The van der Waals surface area contributed by atoms with Crippen LogP contribution in [0.25, 0.3) is 0 Å². The molecular formula is C13H15N. The second-order valence-electron chi connectivity index (χ2n) is 3.72. The zero-order valence-electron chi connectivity index (χ0n) is 8.29. The minimum absolute atomic E-state index is 0.443. The second-order valence-corrected chi connectivity index (χ2v) is 3.72. The Labute approximate surface area is 85.3 Å². The summed E-state index contributed by atoms with van der Waals surface area (Å²) in [4.78, 5) is 0. The summed E-state index contributed by atoms with van der Waals surface area (Å²) >= 11 is 0. The molecule has 1 fully saturated rings. The summed E-state index contributed by atoms with van der Waals surface area (Å²) < 4.78 is 0. The highest BCUT2D eigenvalue weighted by Crippen LogP contribution is 2.37. The molecule has 0 bridgehead atoms. The van der Waals surface area contributed by atoms with Crippen LogP contribution in [0.1, 0.15) is 36.3 Å². The van der Waals surface area contributed by atoms with Crippen LogP contribution in [0.4, 0.5) is 0 Å². The molecule has 1 nitrogen and oxygen atoms in total. The Kier molecular flexibility index (Phi) is 2.86. The van der Waals surface area contributed by atoms with E-state index in [-0.39, 0.29) is 0 Å². The number of rotatable bonds is 1. The molecule has 1 aliphatic carbocycles. The van der Waals surface area contributed by atoms with Gasteiger partial charge in [0.15, 0.2) is 0 Å². The predicted molar refractivity (Wildman–Crippen MR) is 59.0 cm³/mol. The molecule has 0 atom stereocenters. The SMILES string of the molecule is NCC#Cc1ccccc1C1CCC1. The van der Waals surface area contributed by atoms with Crippen molar-refractivity contribution in [1.82, 2.24) is 0 Å². The fraction of sp³-hybridized carbons (Fsp3) is 0.385. The molecular weight excluding hydrogens is 170 g/mol. The van der Waals surface area contributed by atoms with Crippen LogP contribution in [0, 0.1) is 11.8 Å². The molecule has 2 rings (SSSR count). The fourth-order valence-corrected chi connectivity index (χ4v) is 1.83. The van der Waals surface area contributed by atoms with Gasteiger partial charge >= 0.3 is 0 Å². The summed E-state index contributed by atoms with van der Waals surface area (Å²) in [6.45, 7) is 0.443. The summed E-state index contributed by atoms with van der Waals surface area (Å²) in [5, 5.41) is 0. The molecule has 1 aromatic carbocycles. The Morgan fingerprint density at radius 1 is 1.29 bits per heavy atom. The summed E-state index contributed by atoms with van der Waals surface area (Å²) in [5.74, 6) is 6.82. The van der Waals surface area contributed by atoms with Gasteiger partial charge in [0.05, 0.1) is 6.54 Å². The van der Waals surface area contributed by atoms with Gasteiger partial charge in [-0.3, -0.25) is 0 Å². The topological polar surface area (TPSA) is 26.0 Å². The average molecular weight is 185 g/mol. The Morgan fingerprint density at radius 3 is 2.71 bits per heavy atom. The summed E-state index contributed by atoms with van der Waals surface area (Å²) in [6.07, 6.45) is 4.01. The van der Waals surface area contributed by atoms with Gasteiger partial charge in [-0.15, -0.1) is 0 Å². The molecule has 0 aromatic heterocycles. The zero-order valence-corrected chi connectivity index (χ0v) is 8.29. The van der Waals surface area contributed by atoms with Gasteiger partial charge in [0, 0.05) is 5.56 Å². The molecule has 14 heavy (non-hydrogen) atoms. The van der Waals surface area contributed by atoms with E-state index in [0.717, 1.165) is 5.92 Å². The largest absolute Gasteiger partial charge is 0.320 e. The number of benzene rings is 1. The zero-order chi connectivity index (χ0) is 9.80. The van der Waals surface area contributed by atoms with Crippen molar-refractivity contribution in [2.45, 2.75) is 25.2 Å². The van der Waals surface area contributed by atoms with Crippen LogP contribution in [0.15, 0.2) is 24.3 Å². The van der Waals surface area contributed by atoms with Crippen molar-refractivity contribution in [2.75, 3.05) is 6.54 Å². The van der Waals surface area contributed by atoms with Crippen molar-refractivity contribution in [2.24, 2.45) is 5.73 Å². The van der Waals surface area contributed by atoms with E-state index in [9.17, 15) is 0 Å². The van der Waals surface area contributed by atoms with Crippen molar-refractivity contribution in [1.29, 1.82) is 0 Å². The Morgan fingerprint density at radius 2 is 2.07 bits per heavy atom. The van der Waals surface area contributed by atoms with Crippen LogP contribution in [0.5, 0.6) is 0 Å². The molecule has 2 N–H and O–H groups in total. The molecule has 0 aliphatic heterocycles. The van der Waals surface area contributed by atoms with E-state index < -0.39 is 0 Å². The average Bonchev–Trinajstić information content (AvgIpc) is 2.14. The molecule has 1 heteroatoms. The summed E-state index contributed by atoms with van der Waals surface area (Å²) in [5.41, 5.74) is 7.96. The molecule has 0 unspecified atom stereocenters. The molecule has 0 saturated heterocycles. The standard InChI is InChI=1S/C13H15N/c14-10-4-8-11-5-1-2-9-13(11)12-6-3-7-12/h1-2,5,9,12H,3,6-7,10,14H2. The minimum Gasteiger partial charge on any atom is -0.320 e. The molecule has 0 spiro atoms. The molecule has 0 heterocycles. The van der Waals surface area contributed by atoms with Gasteiger partial charge in [0.25, 0.3) is 0 Å². The molecule has 0 radical (unpaired) electrons. The Bertz CT molecular complexity index is 366. The Balaban J connectivity index is 2.28. The third kappa shape index (κ3) is 1.81. The van der Waals surface area contributed by atoms with Gasteiger partial charge in [-0.2, -0.15) is 0 Å². The van der Waals surface area contributed by atoms with Crippen molar-refractivity contribution >= 4 is 0 Å². The van der Waals surface area contributed by atoms with Crippen LogP contribution >= 0.6 is 0 Å². The van der Waals surface area contributed by atoms with E-state index >= 15 is 0 Å². The minimum atomic E-state index is 0.443. The van der Waals surface area contributed by atoms with Crippen molar-refractivity contribution in [3.8, 4) is 11.8 Å². The van der Waals surface area contributed by atoms with Crippen LogP contribution < -0.4 is 5.73 Å². The van der Waals surface area contributed by atoms with E-state index in [1.807, 2.05) is 6.07 Å². The van der Waals surface area contributed by atoms with Crippen molar-refractivity contribution in [3.63, 3.8) is 0 Å². The van der Waals surface area contributed by atoms with Crippen molar-refractivity contribution < 1.29 is 0 Å². The first kappa shape index (κ1) is 9.30. The number of hydrogen-bond acceptors (Lipinski definition) is 1. The molecule has 72 valence electrons. The van der Waals surface area contributed by atoms with E-state index in [0.29, 0.717) is 6.54 Å². The Hall–Kier alpha value is -1.26. The second kappa shape index (κ2) is 4.30. The maximum atomic E-state index is 5.38. The van der Waals surface area contributed by atoms with Crippen LogP contribution in [0.3, 0.4) is 0 Å². The third-order valence-corrected chi connectivity index (χ3v) is 2.83.